The van der Waals surface area contributed by atoms with E-state index in [1.807, 2.05) is 0 Å². The molecule has 2 fully saturated rings. The van der Waals surface area contributed by atoms with Gasteiger partial charge in [-0.15, -0.1) is 0 Å². The Balaban J connectivity index is 1.86. The van der Waals surface area contributed by atoms with Crippen LogP contribution in [-0.4, -0.2) is 34.5 Å². The Morgan fingerprint density at radius 1 is 1.50 bits per heavy atom. The van der Waals surface area contributed by atoms with Gasteiger partial charge in [0.1, 0.15) is 11.5 Å². The van der Waals surface area contributed by atoms with Gasteiger partial charge in [0.05, 0.1) is 5.75 Å². The molecular weight excluding hydrogens is 276 g/mol. The maximum atomic E-state index is 11.8. The Morgan fingerprint density at radius 3 is 3.00 bits per heavy atom. The highest BCUT2D eigenvalue weighted by Gasteiger charge is 2.42. The van der Waals surface area contributed by atoms with E-state index in [9.17, 15) is 4.79 Å². The number of carbonyl (C=O) groups excluding carboxylic acids is 1. The number of Topliss-reactive ketones (excluding diaryl/α,β-unsaturated/α-hetero) is 1. The van der Waals surface area contributed by atoms with Crippen molar-refractivity contribution >= 4 is 17.5 Å². The van der Waals surface area contributed by atoms with E-state index in [0.29, 0.717) is 23.4 Å². The Hall–Kier alpha value is -0.880. The molecule has 2 heterocycles. The highest BCUT2D eigenvalue weighted by atomic mass is 32.2. The van der Waals surface area contributed by atoms with Crippen LogP contribution in [0.3, 0.4) is 0 Å². The fraction of sp³-hybridized carbons (Fsp3) is 0.786. The summed E-state index contributed by atoms with van der Waals surface area (Å²) in [6.45, 7) is 2.23. The van der Waals surface area contributed by atoms with E-state index in [4.69, 9.17) is 9.26 Å². The molecular formula is C14H20N2O3S. The molecule has 0 spiro atoms. The van der Waals surface area contributed by atoms with Crippen molar-refractivity contribution in [3.05, 3.63) is 11.7 Å². The van der Waals surface area contributed by atoms with E-state index < -0.39 is 5.60 Å². The first-order valence-corrected chi connectivity index (χ1v) is 8.30. The Morgan fingerprint density at radius 2 is 2.35 bits per heavy atom. The quantitative estimate of drug-likeness (QED) is 0.854. The van der Waals surface area contributed by atoms with Crippen LogP contribution in [0.15, 0.2) is 4.52 Å². The summed E-state index contributed by atoms with van der Waals surface area (Å²) in [6.07, 6.45) is 4.15. The summed E-state index contributed by atoms with van der Waals surface area (Å²) in [6, 6.07) is 0. The van der Waals surface area contributed by atoms with Crippen LogP contribution in [0, 0.1) is 5.92 Å². The maximum Gasteiger partial charge on any atom is 0.238 e. The minimum absolute atomic E-state index is 0.189. The van der Waals surface area contributed by atoms with Crippen molar-refractivity contribution in [3.8, 4) is 0 Å². The first-order chi connectivity index (χ1) is 9.64. The lowest BCUT2D eigenvalue weighted by atomic mass is 9.78. The number of ketones is 1. The third-order valence-corrected chi connectivity index (χ3v) is 5.47. The number of rotatable bonds is 3. The van der Waals surface area contributed by atoms with E-state index >= 15 is 0 Å². The summed E-state index contributed by atoms with van der Waals surface area (Å²) in [4.78, 5) is 16.3. The second kappa shape index (κ2) is 5.48. The lowest BCUT2D eigenvalue weighted by molar-refractivity contribution is -0.117. The number of hydrogen-bond donors (Lipinski definition) is 0. The van der Waals surface area contributed by atoms with Gasteiger partial charge in [0.15, 0.2) is 5.78 Å². The molecule has 1 aliphatic heterocycles. The number of carbonyl (C=O) groups is 1. The van der Waals surface area contributed by atoms with Crippen LogP contribution < -0.4 is 0 Å². The molecule has 1 aromatic rings. The molecule has 6 heteroatoms. The maximum absolute atomic E-state index is 11.8. The van der Waals surface area contributed by atoms with Gasteiger partial charge >= 0.3 is 0 Å². The van der Waals surface area contributed by atoms with Crippen LogP contribution >= 0.6 is 11.8 Å². The Bertz CT molecular complexity index is 504. The van der Waals surface area contributed by atoms with Crippen LogP contribution in [0.1, 0.15) is 50.2 Å². The summed E-state index contributed by atoms with van der Waals surface area (Å²) in [5.41, 5.74) is -0.436. The zero-order valence-corrected chi connectivity index (χ0v) is 12.7. The largest absolute Gasteiger partial charge is 0.370 e. The van der Waals surface area contributed by atoms with Crippen LogP contribution in [-0.2, 0) is 15.1 Å². The second-order valence-electron chi connectivity index (χ2n) is 5.89. The fourth-order valence-corrected chi connectivity index (χ4v) is 4.31. The molecule has 110 valence electrons. The van der Waals surface area contributed by atoms with Crippen molar-refractivity contribution in [2.75, 3.05) is 18.6 Å². The monoisotopic (exact) mass is 296 g/mol. The molecule has 0 bridgehead atoms. The van der Waals surface area contributed by atoms with Gasteiger partial charge in [-0.2, -0.15) is 16.7 Å². The zero-order chi connectivity index (χ0) is 14.2. The first-order valence-electron chi connectivity index (χ1n) is 7.14. The number of ether oxygens (including phenoxy) is 1. The average molecular weight is 296 g/mol. The predicted molar refractivity (Wildman–Crippen MR) is 75.7 cm³/mol. The summed E-state index contributed by atoms with van der Waals surface area (Å²) >= 11 is 1.63. The smallest absolute Gasteiger partial charge is 0.238 e. The topological polar surface area (TPSA) is 65.2 Å². The third-order valence-electron chi connectivity index (χ3n) is 4.41. The number of methoxy groups -OCH3 is 1. The van der Waals surface area contributed by atoms with Crippen LogP contribution in [0.2, 0.25) is 0 Å². The van der Waals surface area contributed by atoms with Crippen LogP contribution in [0.25, 0.3) is 0 Å². The van der Waals surface area contributed by atoms with E-state index in [1.165, 1.54) is 6.42 Å². The Labute approximate surface area is 122 Å². The minimum Gasteiger partial charge on any atom is -0.370 e. The van der Waals surface area contributed by atoms with Gasteiger partial charge in [-0.05, 0) is 25.2 Å². The van der Waals surface area contributed by atoms with E-state index in [1.54, 1.807) is 18.9 Å². The standard InChI is InChI=1S/C14H20N2O3S/c1-9-4-3-5-14(6-9,18-2)13-15-12(19-16-13)10-7-20-8-11(10)17/h9-10H,3-8H2,1-2H3. The number of thioether (sulfide) groups is 1. The fourth-order valence-electron chi connectivity index (χ4n) is 3.22. The second-order valence-corrected chi connectivity index (χ2v) is 6.92. The zero-order valence-electron chi connectivity index (χ0n) is 11.9. The first kappa shape index (κ1) is 14.1. The van der Waals surface area contributed by atoms with Crippen molar-refractivity contribution in [1.82, 2.24) is 10.1 Å². The summed E-state index contributed by atoms with van der Waals surface area (Å²) in [5.74, 6) is 2.93. The van der Waals surface area contributed by atoms with Crippen molar-refractivity contribution in [3.63, 3.8) is 0 Å². The molecule has 1 saturated carbocycles. The summed E-state index contributed by atoms with van der Waals surface area (Å²) in [7, 11) is 1.71. The molecule has 0 amide bonds. The van der Waals surface area contributed by atoms with E-state index in [2.05, 4.69) is 17.1 Å². The van der Waals surface area contributed by atoms with Gasteiger partial charge < -0.3 is 9.26 Å². The molecule has 2 aliphatic rings. The molecule has 0 radical (unpaired) electrons. The highest BCUT2D eigenvalue weighted by Crippen LogP contribution is 2.41. The third kappa shape index (κ3) is 2.39. The summed E-state index contributed by atoms with van der Waals surface area (Å²) in [5, 5.41) is 4.12. The minimum atomic E-state index is -0.436. The molecule has 1 saturated heterocycles. The number of hydrogen-bond acceptors (Lipinski definition) is 6. The van der Waals surface area contributed by atoms with Gasteiger partial charge in [-0.25, -0.2) is 0 Å². The SMILES string of the molecule is COC1(c2noc(C3CSCC3=O)n2)CCCC(C)C1. The molecule has 20 heavy (non-hydrogen) atoms. The normalized spacial score (nSPS) is 34.6. The molecule has 0 N–H and O–H groups in total. The van der Waals surface area contributed by atoms with Gasteiger partial charge in [0.25, 0.3) is 0 Å². The van der Waals surface area contributed by atoms with Crippen molar-refractivity contribution < 1.29 is 14.1 Å². The van der Waals surface area contributed by atoms with Gasteiger partial charge in [0.2, 0.25) is 11.7 Å². The van der Waals surface area contributed by atoms with Gasteiger partial charge in [0, 0.05) is 12.9 Å². The number of aromatic nitrogens is 2. The van der Waals surface area contributed by atoms with E-state index in [0.717, 1.165) is 25.0 Å². The lowest BCUT2D eigenvalue weighted by Gasteiger charge is -2.36. The highest BCUT2D eigenvalue weighted by molar-refractivity contribution is 8.00. The van der Waals surface area contributed by atoms with Crippen molar-refractivity contribution in [1.29, 1.82) is 0 Å². The van der Waals surface area contributed by atoms with Crippen molar-refractivity contribution in [2.24, 2.45) is 5.92 Å². The molecule has 3 unspecified atom stereocenters. The van der Waals surface area contributed by atoms with E-state index in [-0.39, 0.29) is 11.7 Å². The van der Waals surface area contributed by atoms with Crippen molar-refractivity contribution in [2.45, 2.75) is 44.1 Å². The molecule has 1 aliphatic carbocycles. The lowest BCUT2D eigenvalue weighted by Crippen LogP contribution is -2.35. The molecule has 3 rings (SSSR count). The van der Waals surface area contributed by atoms with Crippen LogP contribution in [0.5, 0.6) is 0 Å². The predicted octanol–water partition coefficient (Wildman–Crippen LogP) is 2.52. The Kier molecular flexibility index (Phi) is 3.86. The molecule has 3 atom stereocenters. The molecule has 1 aromatic heterocycles. The molecule has 0 aromatic carbocycles. The van der Waals surface area contributed by atoms with Gasteiger partial charge in [-0.3, -0.25) is 4.79 Å². The number of nitrogens with zero attached hydrogens (tertiary/aromatic N) is 2. The van der Waals surface area contributed by atoms with Crippen LogP contribution in [0.4, 0.5) is 0 Å². The summed E-state index contributed by atoms with van der Waals surface area (Å²) < 4.78 is 11.1. The average Bonchev–Trinajstić information content (AvgIpc) is 3.07. The molecule has 5 nitrogen and oxygen atoms in total. The van der Waals surface area contributed by atoms with Gasteiger partial charge in [-0.1, -0.05) is 18.5 Å².